The Kier molecular flexibility index (Phi) is 5.59. The Labute approximate surface area is 133 Å². The quantitative estimate of drug-likeness (QED) is 0.733. The zero-order valence-corrected chi connectivity index (χ0v) is 13.2. The van der Waals surface area contributed by atoms with Gasteiger partial charge < -0.3 is 0 Å². The summed E-state index contributed by atoms with van der Waals surface area (Å²) in [5.74, 6) is 0.00858. The molecule has 2 aromatic rings. The Hall–Kier alpha value is -1.58. The molecule has 0 saturated carbocycles. The maximum Gasteiger partial charge on any atom is 0.186 e. The second kappa shape index (κ2) is 7.43. The standard InChI is InChI=1S/C17H15ClO2S/c1-12(19)21-17(14-9-5-6-10-15(14)18)11-16(20)13-7-3-2-4-8-13/h2-10,17H,11H2,1H3. The van der Waals surface area contributed by atoms with E-state index < -0.39 is 0 Å². The van der Waals surface area contributed by atoms with Crippen molar-refractivity contribution in [1.29, 1.82) is 0 Å². The molecular weight excluding hydrogens is 304 g/mol. The van der Waals surface area contributed by atoms with Crippen LogP contribution in [0, 0.1) is 0 Å². The van der Waals surface area contributed by atoms with Gasteiger partial charge in [-0.15, -0.1) is 0 Å². The third-order valence-electron chi connectivity index (χ3n) is 3.03. The van der Waals surface area contributed by atoms with Gasteiger partial charge in [0.2, 0.25) is 0 Å². The highest BCUT2D eigenvalue weighted by Gasteiger charge is 2.21. The number of carbonyl (C=O) groups is 2. The number of rotatable bonds is 5. The van der Waals surface area contributed by atoms with Crippen molar-refractivity contribution in [1.82, 2.24) is 0 Å². The van der Waals surface area contributed by atoms with E-state index in [1.54, 1.807) is 18.2 Å². The third-order valence-corrected chi connectivity index (χ3v) is 4.41. The van der Waals surface area contributed by atoms with Crippen LogP contribution in [-0.2, 0) is 4.79 Å². The predicted molar refractivity (Wildman–Crippen MR) is 87.9 cm³/mol. The minimum absolute atomic E-state index is 0.00858. The van der Waals surface area contributed by atoms with E-state index in [-0.39, 0.29) is 22.6 Å². The lowest BCUT2D eigenvalue weighted by atomic mass is 10.0. The van der Waals surface area contributed by atoms with Gasteiger partial charge in [-0.2, -0.15) is 0 Å². The molecule has 0 aliphatic carbocycles. The summed E-state index contributed by atoms with van der Waals surface area (Å²) in [7, 11) is 0. The maximum absolute atomic E-state index is 12.4. The van der Waals surface area contributed by atoms with Gasteiger partial charge in [-0.3, -0.25) is 9.59 Å². The minimum atomic E-state index is -0.260. The van der Waals surface area contributed by atoms with Gasteiger partial charge in [0.1, 0.15) is 0 Å². The zero-order chi connectivity index (χ0) is 15.2. The molecule has 2 aromatic carbocycles. The Morgan fingerprint density at radius 2 is 1.67 bits per heavy atom. The highest BCUT2D eigenvalue weighted by molar-refractivity contribution is 8.13. The van der Waals surface area contributed by atoms with Gasteiger partial charge in [-0.05, 0) is 11.6 Å². The Balaban J connectivity index is 2.23. The molecule has 0 aliphatic heterocycles. The second-order valence-electron chi connectivity index (χ2n) is 4.61. The van der Waals surface area contributed by atoms with Crippen molar-refractivity contribution < 1.29 is 9.59 Å². The van der Waals surface area contributed by atoms with Crippen LogP contribution in [0.25, 0.3) is 0 Å². The number of hydrogen-bond acceptors (Lipinski definition) is 3. The summed E-state index contributed by atoms with van der Waals surface area (Å²) in [6.07, 6.45) is 0.248. The average molecular weight is 319 g/mol. The molecule has 4 heteroatoms. The number of carbonyl (C=O) groups excluding carboxylic acids is 2. The minimum Gasteiger partial charge on any atom is -0.294 e. The average Bonchev–Trinajstić information content (AvgIpc) is 2.47. The maximum atomic E-state index is 12.4. The highest BCUT2D eigenvalue weighted by atomic mass is 35.5. The molecule has 0 aromatic heterocycles. The Morgan fingerprint density at radius 1 is 1.05 bits per heavy atom. The number of thioether (sulfide) groups is 1. The molecule has 0 heterocycles. The fourth-order valence-electron chi connectivity index (χ4n) is 2.06. The van der Waals surface area contributed by atoms with Crippen molar-refractivity contribution in [3.8, 4) is 0 Å². The van der Waals surface area contributed by atoms with E-state index in [0.29, 0.717) is 10.6 Å². The third kappa shape index (κ3) is 4.45. The van der Waals surface area contributed by atoms with Crippen molar-refractivity contribution in [2.45, 2.75) is 18.6 Å². The van der Waals surface area contributed by atoms with Crippen LogP contribution >= 0.6 is 23.4 Å². The van der Waals surface area contributed by atoms with Crippen LogP contribution in [0.2, 0.25) is 5.02 Å². The number of ketones is 1. The first-order valence-corrected chi connectivity index (χ1v) is 7.83. The lowest BCUT2D eigenvalue weighted by Crippen LogP contribution is -2.07. The normalized spacial score (nSPS) is 11.9. The summed E-state index contributed by atoms with van der Waals surface area (Å²) < 4.78 is 0. The summed E-state index contributed by atoms with van der Waals surface area (Å²) >= 11 is 7.34. The van der Waals surface area contributed by atoms with Crippen LogP contribution in [0.1, 0.15) is 34.5 Å². The summed E-state index contributed by atoms with van der Waals surface area (Å²) in [5, 5.41) is 0.293. The van der Waals surface area contributed by atoms with E-state index in [2.05, 4.69) is 0 Å². The molecule has 0 fully saturated rings. The first kappa shape index (κ1) is 15.8. The SMILES string of the molecule is CC(=O)SC(CC(=O)c1ccccc1)c1ccccc1Cl. The van der Waals surface area contributed by atoms with Crippen LogP contribution in [-0.4, -0.2) is 10.9 Å². The van der Waals surface area contributed by atoms with Crippen molar-refractivity contribution in [3.63, 3.8) is 0 Å². The van der Waals surface area contributed by atoms with Gasteiger partial charge in [-0.25, -0.2) is 0 Å². The van der Waals surface area contributed by atoms with Crippen LogP contribution in [0.15, 0.2) is 54.6 Å². The predicted octanol–water partition coefficient (Wildman–Crippen LogP) is 4.93. The number of benzene rings is 2. The number of Topliss-reactive ketones (excluding diaryl/α,β-unsaturated/α-hetero) is 1. The van der Waals surface area contributed by atoms with Crippen LogP contribution in [0.3, 0.4) is 0 Å². The van der Waals surface area contributed by atoms with E-state index in [1.165, 1.54) is 6.92 Å². The Morgan fingerprint density at radius 3 is 2.29 bits per heavy atom. The molecule has 21 heavy (non-hydrogen) atoms. The van der Waals surface area contributed by atoms with Gasteiger partial charge in [-0.1, -0.05) is 71.9 Å². The highest BCUT2D eigenvalue weighted by Crippen LogP contribution is 2.37. The molecule has 108 valence electrons. The van der Waals surface area contributed by atoms with Gasteiger partial charge in [0, 0.05) is 29.2 Å². The largest absolute Gasteiger partial charge is 0.294 e. The fraction of sp³-hybridized carbons (Fsp3) is 0.176. The molecule has 1 unspecified atom stereocenters. The van der Waals surface area contributed by atoms with Crippen molar-refractivity contribution >= 4 is 34.3 Å². The van der Waals surface area contributed by atoms with Crippen molar-refractivity contribution in [2.75, 3.05) is 0 Å². The Bertz CT molecular complexity index is 640. The van der Waals surface area contributed by atoms with Crippen LogP contribution in [0.5, 0.6) is 0 Å². The molecule has 0 N–H and O–H groups in total. The van der Waals surface area contributed by atoms with Crippen molar-refractivity contribution in [3.05, 3.63) is 70.7 Å². The van der Waals surface area contributed by atoms with Gasteiger partial charge in [0.05, 0.1) is 0 Å². The summed E-state index contributed by atoms with van der Waals surface area (Å²) in [4.78, 5) is 23.8. The second-order valence-corrected chi connectivity index (χ2v) is 6.40. The zero-order valence-electron chi connectivity index (χ0n) is 11.6. The smallest absolute Gasteiger partial charge is 0.186 e. The molecular formula is C17H15ClO2S. The van der Waals surface area contributed by atoms with Crippen LogP contribution < -0.4 is 0 Å². The molecule has 0 aliphatic rings. The molecule has 0 bridgehead atoms. The fourth-order valence-corrected chi connectivity index (χ4v) is 3.36. The summed E-state index contributed by atoms with van der Waals surface area (Å²) in [6, 6.07) is 16.4. The van der Waals surface area contributed by atoms with E-state index in [0.717, 1.165) is 17.3 Å². The molecule has 2 nitrogen and oxygen atoms in total. The molecule has 0 amide bonds. The first-order valence-electron chi connectivity index (χ1n) is 6.58. The summed E-state index contributed by atoms with van der Waals surface area (Å²) in [5.41, 5.74) is 1.47. The molecule has 0 spiro atoms. The van der Waals surface area contributed by atoms with Crippen molar-refractivity contribution in [2.24, 2.45) is 0 Å². The molecule has 2 rings (SSSR count). The monoisotopic (exact) mass is 318 g/mol. The number of hydrogen-bond donors (Lipinski definition) is 0. The van der Waals surface area contributed by atoms with E-state index in [1.807, 2.05) is 36.4 Å². The first-order chi connectivity index (χ1) is 10.1. The van der Waals surface area contributed by atoms with E-state index in [4.69, 9.17) is 11.6 Å². The topological polar surface area (TPSA) is 34.1 Å². The van der Waals surface area contributed by atoms with E-state index >= 15 is 0 Å². The lowest BCUT2D eigenvalue weighted by molar-refractivity contribution is -0.109. The van der Waals surface area contributed by atoms with Gasteiger partial charge in [0.25, 0.3) is 0 Å². The van der Waals surface area contributed by atoms with Gasteiger partial charge in [0.15, 0.2) is 10.9 Å². The lowest BCUT2D eigenvalue weighted by Gasteiger charge is -2.16. The summed E-state index contributed by atoms with van der Waals surface area (Å²) in [6.45, 7) is 1.50. The van der Waals surface area contributed by atoms with Crippen LogP contribution in [0.4, 0.5) is 0 Å². The molecule has 1 atom stereocenters. The van der Waals surface area contributed by atoms with E-state index in [9.17, 15) is 9.59 Å². The van der Waals surface area contributed by atoms with Gasteiger partial charge >= 0.3 is 0 Å². The molecule has 0 saturated heterocycles. The number of halogens is 1. The molecule has 0 radical (unpaired) electrons.